The molecule has 1 aromatic heterocycles. The van der Waals surface area contributed by atoms with E-state index in [0.717, 1.165) is 0 Å². The van der Waals surface area contributed by atoms with Crippen LogP contribution in [0.25, 0.3) is 10.9 Å². The van der Waals surface area contributed by atoms with Crippen molar-refractivity contribution in [2.24, 2.45) is 0 Å². The smallest absolute Gasteiger partial charge is 0.321 e. The SMILES string of the molecule is CCCN(CCC)S(=O)(=O)c1cc2cc(P(=O)(OCC)OCC)c(=O)[nH]c2cc1Cl. The number of hydrogen-bond acceptors (Lipinski definition) is 6. The Morgan fingerprint density at radius 2 is 1.60 bits per heavy atom. The zero-order valence-corrected chi connectivity index (χ0v) is 20.1. The van der Waals surface area contributed by atoms with Crippen molar-refractivity contribution in [2.45, 2.75) is 45.4 Å². The molecule has 30 heavy (non-hydrogen) atoms. The van der Waals surface area contributed by atoms with E-state index in [1.54, 1.807) is 13.8 Å². The Hall–Kier alpha value is -1.22. The molecule has 1 N–H and O–H groups in total. The summed E-state index contributed by atoms with van der Waals surface area (Å²) in [5.74, 6) is 0. The minimum atomic E-state index is -3.86. The Bertz CT molecular complexity index is 1090. The third kappa shape index (κ3) is 5.15. The lowest BCUT2D eigenvalue weighted by Gasteiger charge is -2.22. The number of nitrogens with one attached hydrogen (secondary N) is 1. The van der Waals surface area contributed by atoms with Gasteiger partial charge in [-0.15, -0.1) is 0 Å². The molecule has 0 spiro atoms. The van der Waals surface area contributed by atoms with Gasteiger partial charge in [-0.3, -0.25) is 9.36 Å². The second kappa shape index (κ2) is 10.4. The Kier molecular flexibility index (Phi) is 8.68. The van der Waals surface area contributed by atoms with Gasteiger partial charge in [0.25, 0.3) is 5.56 Å². The summed E-state index contributed by atoms with van der Waals surface area (Å²) in [6, 6.07) is 4.11. The standard InChI is InChI=1S/C19H28ClN2O6PS/c1-5-9-22(10-6-2)30(25,26)18-12-14-11-17(29(24,27-7-3)28-8-4)19(23)21-16(14)13-15(18)20/h11-13H,5-10H2,1-4H3,(H,21,23). The van der Waals surface area contributed by atoms with Crippen LogP contribution in [0.4, 0.5) is 0 Å². The van der Waals surface area contributed by atoms with Crippen molar-refractivity contribution in [3.8, 4) is 0 Å². The number of aromatic nitrogens is 1. The van der Waals surface area contributed by atoms with Crippen molar-refractivity contribution < 1.29 is 22.0 Å². The summed E-state index contributed by atoms with van der Waals surface area (Å²) >= 11 is 6.28. The molecule has 0 aliphatic rings. The summed E-state index contributed by atoms with van der Waals surface area (Å²) < 4.78 is 51.4. The van der Waals surface area contributed by atoms with Crippen molar-refractivity contribution in [1.29, 1.82) is 0 Å². The number of rotatable bonds is 11. The second-order valence-corrected chi connectivity index (χ2v) is 10.9. The predicted octanol–water partition coefficient (Wildman–Crippen LogP) is 3.88. The summed E-state index contributed by atoms with van der Waals surface area (Å²) in [4.78, 5) is 15.1. The molecule has 2 aromatic rings. The van der Waals surface area contributed by atoms with Crippen LogP contribution >= 0.6 is 19.2 Å². The highest BCUT2D eigenvalue weighted by Crippen LogP contribution is 2.46. The molecule has 11 heteroatoms. The van der Waals surface area contributed by atoms with Gasteiger partial charge < -0.3 is 14.0 Å². The zero-order valence-electron chi connectivity index (χ0n) is 17.6. The third-order valence-electron chi connectivity index (χ3n) is 4.33. The van der Waals surface area contributed by atoms with Gasteiger partial charge in [-0.1, -0.05) is 25.4 Å². The molecule has 0 amide bonds. The summed E-state index contributed by atoms with van der Waals surface area (Å²) in [5, 5.41) is 0.185. The first-order valence-electron chi connectivity index (χ1n) is 9.90. The fraction of sp³-hybridized carbons (Fsp3) is 0.526. The summed E-state index contributed by atoms with van der Waals surface area (Å²) in [6.45, 7) is 7.97. The molecule has 0 aliphatic heterocycles. The van der Waals surface area contributed by atoms with E-state index in [-0.39, 0.29) is 28.4 Å². The van der Waals surface area contributed by atoms with Gasteiger partial charge in [-0.05, 0) is 44.9 Å². The van der Waals surface area contributed by atoms with Crippen LogP contribution in [-0.2, 0) is 23.6 Å². The molecular weight excluding hydrogens is 451 g/mol. The number of hydrogen-bond donors (Lipinski definition) is 1. The summed E-state index contributed by atoms with van der Waals surface area (Å²) in [5.41, 5.74) is -0.317. The van der Waals surface area contributed by atoms with Gasteiger partial charge in [0, 0.05) is 24.0 Å². The normalized spacial score (nSPS) is 12.7. The molecule has 1 aromatic carbocycles. The molecule has 0 bridgehead atoms. The molecule has 0 fully saturated rings. The zero-order chi connectivity index (χ0) is 22.5. The lowest BCUT2D eigenvalue weighted by molar-refractivity contribution is 0.229. The van der Waals surface area contributed by atoms with Gasteiger partial charge in [-0.2, -0.15) is 4.31 Å². The molecule has 168 valence electrons. The molecule has 1 heterocycles. The number of fused-ring (bicyclic) bond motifs is 1. The molecule has 0 aliphatic carbocycles. The number of pyridine rings is 1. The van der Waals surface area contributed by atoms with Gasteiger partial charge in [0.05, 0.1) is 18.2 Å². The average molecular weight is 479 g/mol. The first-order chi connectivity index (χ1) is 14.1. The van der Waals surface area contributed by atoms with E-state index in [1.165, 1.54) is 22.5 Å². The summed E-state index contributed by atoms with van der Waals surface area (Å²) in [6.07, 6.45) is 1.32. The van der Waals surface area contributed by atoms with Crippen molar-refractivity contribution in [1.82, 2.24) is 9.29 Å². The Balaban J connectivity index is 2.71. The Morgan fingerprint density at radius 3 is 2.10 bits per heavy atom. The topological polar surface area (TPSA) is 106 Å². The molecule has 0 saturated carbocycles. The Morgan fingerprint density at radius 1 is 1.03 bits per heavy atom. The van der Waals surface area contributed by atoms with Crippen LogP contribution in [0, 0.1) is 0 Å². The fourth-order valence-electron chi connectivity index (χ4n) is 3.10. The Labute approximate surface area is 182 Å². The van der Waals surface area contributed by atoms with Gasteiger partial charge >= 0.3 is 7.60 Å². The lowest BCUT2D eigenvalue weighted by atomic mass is 10.2. The number of H-pyrrole nitrogens is 1. The molecule has 8 nitrogen and oxygen atoms in total. The van der Waals surface area contributed by atoms with Crippen LogP contribution in [0.1, 0.15) is 40.5 Å². The number of nitrogens with zero attached hydrogens (tertiary/aromatic N) is 1. The van der Waals surface area contributed by atoms with E-state index in [9.17, 15) is 17.8 Å². The van der Waals surface area contributed by atoms with Gasteiger partial charge in [0.1, 0.15) is 10.2 Å². The fourth-order valence-corrected chi connectivity index (χ4v) is 6.90. The van der Waals surface area contributed by atoms with Crippen LogP contribution < -0.4 is 10.9 Å². The van der Waals surface area contributed by atoms with E-state index in [2.05, 4.69) is 4.98 Å². The monoisotopic (exact) mass is 478 g/mol. The quantitative estimate of drug-likeness (QED) is 0.491. The first-order valence-corrected chi connectivity index (χ1v) is 13.3. The van der Waals surface area contributed by atoms with Crippen LogP contribution in [-0.4, -0.2) is 44.0 Å². The maximum absolute atomic E-state index is 13.2. The average Bonchev–Trinajstić information content (AvgIpc) is 2.67. The van der Waals surface area contributed by atoms with E-state index in [1.807, 2.05) is 13.8 Å². The molecule has 2 rings (SSSR count). The number of halogens is 1. The maximum Gasteiger partial charge on any atom is 0.366 e. The molecule has 0 atom stereocenters. The summed E-state index contributed by atoms with van der Waals surface area (Å²) in [7, 11) is -7.71. The number of sulfonamides is 1. The van der Waals surface area contributed by atoms with Crippen LogP contribution in [0.3, 0.4) is 0 Å². The third-order valence-corrected chi connectivity index (χ3v) is 8.82. The van der Waals surface area contributed by atoms with E-state index >= 15 is 0 Å². The van der Waals surface area contributed by atoms with Crippen molar-refractivity contribution >= 4 is 45.4 Å². The highest BCUT2D eigenvalue weighted by atomic mass is 35.5. The van der Waals surface area contributed by atoms with Gasteiger partial charge in [0.15, 0.2) is 0 Å². The van der Waals surface area contributed by atoms with E-state index in [4.69, 9.17) is 20.6 Å². The van der Waals surface area contributed by atoms with Gasteiger partial charge in [-0.25, -0.2) is 8.42 Å². The maximum atomic E-state index is 13.2. The van der Waals surface area contributed by atoms with Crippen LogP contribution in [0.2, 0.25) is 5.02 Å². The van der Waals surface area contributed by atoms with Crippen molar-refractivity contribution in [2.75, 3.05) is 26.3 Å². The van der Waals surface area contributed by atoms with Crippen LogP contribution in [0.15, 0.2) is 27.9 Å². The highest BCUT2D eigenvalue weighted by Gasteiger charge is 2.31. The minimum Gasteiger partial charge on any atom is -0.321 e. The lowest BCUT2D eigenvalue weighted by Crippen LogP contribution is -2.33. The van der Waals surface area contributed by atoms with Crippen LogP contribution in [0.5, 0.6) is 0 Å². The highest BCUT2D eigenvalue weighted by molar-refractivity contribution is 7.89. The van der Waals surface area contributed by atoms with Crippen molar-refractivity contribution in [3.05, 3.63) is 33.6 Å². The molecule has 0 unspecified atom stereocenters. The number of aromatic amines is 1. The first kappa shape index (κ1) is 25.0. The van der Waals surface area contributed by atoms with E-state index in [0.29, 0.717) is 36.8 Å². The largest absolute Gasteiger partial charge is 0.366 e. The van der Waals surface area contributed by atoms with Crippen molar-refractivity contribution in [3.63, 3.8) is 0 Å². The van der Waals surface area contributed by atoms with Gasteiger partial charge in [0.2, 0.25) is 10.0 Å². The molecular formula is C19H28ClN2O6PS. The molecule has 0 radical (unpaired) electrons. The van der Waals surface area contributed by atoms with E-state index < -0.39 is 23.2 Å². The molecule has 0 saturated heterocycles. The predicted molar refractivity (Wildman–Crippen MR) is 119 cm³/mol. The minimum absolute atomic E-state index is 0.000838. The number of benzene rings is 1. The second-order valence-electron chi connectivity index (χ2n) is 6.59.